The summed E-state index contributed by atoms with van der Waals surface area (Å²) < 4.78 is 0.990. The molecule has 0 bridgehead atoms. The number of halogens is 1. The zero-order valence-electron chi connectivity index (χ0n) is 10.4. The van der Waals surface area contributed by atoms with Crippen molar-refractivity contribution >= 4 is 45.2 Å². The molecule has 1 aliphatic heterocycles. The van der Waals surface area contributed by atoms with E-state index in [4.69, 9.17) is 5.11 Å². The van der Waals surface area contributed by atoms with E-state index < -0.39 is 11.4 Å². The van der Waals surface area contributed by atoms with Gasteiger partial charge in [-0.2, -0.15) is 0 Å². The number of carboxylic acids is 1. The molecule has 0 aromatic carbocycles. The largest absolute Gasteiger partial charge is 0.481 e. The van der Waals surface area contributed by atoms with Crippen molar-refractivity contribution in [3.63, 3.8) is 0 Å². The summed E-state index contributed by atoms with van der Waals surface area (Å²) in [5.41, 5.74) is -0.810. The molecule has 1 aromatic rings. The van der Waals surface area contributed by atoms with Crippen molar-refractivity contribution in [2.45, 2.75) is 13.3 Å². The maximum Gasteiger partial charge on any atom is 0.311 e. The Kier molecular flexibility index (Phi) is 4.10. The lowest BCUT2D eigenvalue weighted by Crippen LogP contribution is -2.34. The molecule has 1 amide bonds. The average Bonchev–Trinajstić information content (AvgIpc) is 2.94. The number of nitrogens with zero attached hydrogens (tertiary/aromatic N) is 1. The van der Waals surface area contributed by atoms with Crippen molar-refractivity contribution in [2.24, 2.45) is 5.41 Å². The number of amides is 1. The number of rotatable bonds is 3. The molecule has 19 heavy (non-hydrogen) atoms. The third-order valence-corrected chi connectivity index (χ3v) is 4.94. The molecule has 0 saturated carbocycles. The van der Waals surface area contributed by atoms with Crippen LogP contribution < -0.4 is 0 Å². The van der Waals surface area contributed by atoms with Gasteiger partial charge in [-0.1, -0.05) is 0 Å². The standard InChI is InChI=1S/C13H14BrNO3S/c1-13(12(17)18)4-5-15(8-13)11(16)3-2-10-6-9(14)7-19-10/h2-3,6-7H,4-5,8H2,1H3,(H,17,18)/b3-2+. The van der Waals surface area contributed by atoms with Crippen LogP contribution in [0.4, 0.5) is 0 Å². The van der Waals surface area contributed by atoms with Gasteiger partial charge in [-0.15, -0.1) is 11.3 Å². The molecule has 0 radical (unpaired) electrons. The fourth-order valence-electron chi connectivity index (χ4n) is 2.00. The number of carbonyl (C=O) groups is 2. The summed E-state index contributed by atoms with van der Waals surface area (Å²) in [4.78, 5) is 25.7. The van der Waals surface area contributed by atoms with Gasteiger partial charge >= 0.3 is 5.97 Å². The van der Waals surface area contributed by atoms with Gasteiger partial charge in [-0.3, -0.25) is 9.59 Å². The minimum atomic E-state index is -0.839. The molecular formula is C13H14BrNO3S. The molecule has 1 fully saturated rings. The van der Waals surface area contributed by atoms with Crippen molar-refractivity contribution in [1.82, 2.24) is 4.90 Å². The highest BCUT2D eigenvalue weighted by Gasteiger charge is 2.41. The Hall–Kier alpha value is -1.14. The van der Waals surface area contributed by atoms with Gasteiger partial charge in [0.05, 0.1) is 5.41 Å². The molecule has 102 valence electrons. The van der Waals surface area contributed by atoms with Crippen LogP contribution in [-0.4, -0.2) is 35.0 Å². The van der Waals surface area contributed by atoms with Crippen molar-refractivity contribution in [3.8, 4) is 0 Å². The number of aliphatic carboxylic acids is 1. The van der Waals surface area contributed by atoms with Crippen LogP contribution in [0.1, 0.15) is 18.2 Å². The van der Waals surface area contributed by atoms with E-state index in [-0.39, 0.29) is 12.5 Å². The van der Waals surface area contributed by atoms with Crippen LogP contribution in [0.25, 0.3) is 6.08 Å². The second kappa shape index (κ2) is 5.46. The zero-order valence-corrected chi connectivity index (χ0v) is 12.8. The van der Waals surface area contributed by atoms with E-state index in [9.17, 15) is 9.59 Å². The summed E-state index contributed by atoms with van der Waals surface area (Å²) in [6, 6.07) is 1.93. The summed E-state index contributed by atoms with van der Waals surface area (Å²) in [5, 5.41) is 11.1. The molecule has 2 rings (SSSR count). The van der Waals surface area contributed by atoms with Crippen LogP contribution in [-0.2, 0) is 9.59 Å². The van der Waals surface area contributed by atoms with Crippen LogP contribution >= 0.6 is 27.3 Å². The number of likely N-dealkylation sites (tertiary alicyclic amines) is 1. The van der Waals surface area contributed by atoms with Crippen LogP contribution in [0, 0.1) is 5.41 Å². The number of thiophene rings is 1. The van der Waals surface area contributed by atoms with Gasteiger partial charge < -0.3 is 10.0 Å². The molecule has 1 aliphatic rings. The minimum Gasteiger partial charge on any atom is -0.481 e. The number of hydrogen-bond donors (Lipinski definition) is 1. The monoisotopic (exact) mass is 343 g/mol. The van der Waals surface area contributed by atoms with Gasteiger partial charge in [-0.25, -0.2) is 0 Å². The highest BCUT2D eigenvalue weighted by Crippen LogP contribution is 2.30. The third-order valence-electron chi connectivity index (χ3n) is 3.28. The Labute approximate surface area is 123 Å². The van der Waals surface area contributed by atoms with E-state index >= 15 is 0 Å². The van der Waals surface area contributed by atoms with Gasteiger partial charge in [-0.05, 0) is 41.4 Å². The van der Waals surface area contributed by atoms with Crippen LogP contribution in [0.5, 0.6) is 0 Å². The molecule has 1 saturated heterocycles. The first-order valence-electron chi connectivity index (χ1n) is 5.85. The Morgan fingerprint density at radius 2 is 2.32 bits per heavy atom. The summed E-state index contributed by atoms with van der Waals surface area (Å²) >= 11 is 4.89. The van der Waals surface area contributed by atoms with Crippen molar-refractivity contribution in [1.29, 1.82) is 0 Å². The first-order chi connectivity index (χ1) is 8.90. The lowest BCUT2D eigenvalue weighted by atomic mass is 9.90. The quantitative estimate of drug-likeness (QED) is 0.858. The first kappa shape index (κ1) is 14.3. The van der Waals surface area contributed by atoms with E-state index in [2.05, 4.69) is 15.9 Å². The van der Waals surface area contributed by atoms with Gasteiger partial charge in [0.15, 0.2) is 0 Å². The molecule has 1 atom stereocenters. The smallest absolute Gasteiger partial charge is 0.311 e. The number of carboxylic acid groups (broad SMARTS) is 1. The summed E-state index contributed by atoms with van der Waals surface area (Å²) in [6.07, 6.45) is 3.77. The van der Waals surface area contributed by atoms with Crippen LogP contribution in [0.15, 0.2) is 22.0 Å². The van der Waals surface area contributed by atoms with Gasteiger partial charge in [0, 0.05) is 33.9 Å². The Bertz CT molecular complexity index is 540. The normalized spacial score (nSPS) is 23.2. The van der Waals surface area contributed by atoms with Gasteiger partial charge in [0.2, 0.25) is 5.91 Å². The number of carbonyl (C=O) groups excluding carboxylic acids is 1. The Balaban J connectivity index is 1.99. The zero-order chi connectivity index (χ0) is 14.0. The highest BCUT2D eigenvalue weighted by atomic mass is 79.9. The molecule has 1 N–H and O–H groups in total. The van der Waals surface area contributed by atoms with E-state index in [1.54, 1.807) is 29.2 Å². The van der Waals surface area contributed by atoms with Crippen molar-refractivity contribution in [2.75, 3.05) is 13.1 Å². The van der Waals surface area contributed by atoms with E-state index in [1.807, 2.05) is 11.4 Å². The van der Waals surface area contributed by atoms with E-state index in [0.29, 0.717) is 13.0 Å². The maximum absolute atomic E-state index is 12.0. The van der Waals surface area contributed by atoms with Crippen LogP contribution in [0.3, 0.4) is 0 Å². The summed E-state index contributed by atoms with van der Waals surface area (Å²) in [5.74, 6) is -0.969. The summed E-state index contributed by atoms with van der Waals surface area (Å²) in [7, 11) is 0. The SMILES string of the molecule is CC1(C(=O)O)CCN(C(=O)/C=C/c2cc(Br)cs2)C1. The molecule has 0 spiro atoms. The predicted octanol–water partition coefficient (Wildman–Crippen LogP) is 2.85. The molecule has 2 heterocycles. The van der Waals surface area contributed by atoms with Crippen molar-refractivity contribution < 1.29 is 14.7 Å². The molecule has 1 unspecified atom stereocenters. The lowest BCUT2D eigenvalue weighted by molar-refractivity contribution is -0.147. The van der Waals surface area contributed by atoms with Gasteiger partial charge in [0.25, 0.3) is 0 Å². The summed E-state index contributed by atoms with van der Waals surface area (Å²) in [6.45, 7) is 2.46. The predicted molar refractivity (Wildman–Crippen MR) is 78.0 cm³/mol. The molecule has 4 nitrogen and oxygen atoms in total. The molecular weight excluding hydrogens is 330 g/mol. The molecule has 0 aliphatic carbocycles. The van der Waals surface area contributed by atoms with Crippen LogP contribution in [0.2, 0.25) is 0 Å². The lowest BCUT2D eigenvalue weighted by Gasteiger charge is -2.18. The highest BCUT2D eigenvalue weighted by molar-refractivity contribution is 9.10. The van der Waals surface area contributed by atoms with Crippen molar-refractivity contribution in [3.05, 3.63) is 26.9 Å². The Morgan fingerprint density at radius 1 is 1.58 bits per heavy atom. The third kappa shape index (κ3) is 3.25. The van der Waals surface area contributed by atoms with E-state index in [0.717, 1.165) is 9.35 Å². The second-order valence-electron chi connectivity index (χ2n) is 4.88. The Morgan fingerprint density at radius 3 is 2.84 bits per heavy atom. The topological polar surface area (TPSA) is 57.6 Å². The van der Waals surface area contributed by atoms with Gasteiger partial charge in [0.1, 0.15) is 0 Å². The molecule has 1 aromatic heterocycles. The average molecular weight is 344 g/mol. The first-order valence-corrected chi connectivity index (χ1v) is 7.52. The van der Waals surface area contributed by atoms with E-state index in [1.165, 1.54) is 6.08 Å². The maximum atomic E-state index is 12.0. The fraction of sp³-hybridized carbons (Fsp3) is 0.385. The number of hydrogen-bond acceptors (Lipinski definition) is 3. The fourth-order valence-corrected chi connectivity index (χ4v) is 3.34. The molecule has 6 heteroatoms. The minimum absolute atomic E-state index is 0.130. The second-order valence-corrected chi connectivity index (χ2v) is 6.73.